The van der Waals surface area contributed by atoms with Crippen LogP contribution in [0.1, 0.15) is 17.2 Å². The van der Waals surface area contributed by atoms with Gasteiger partial charge in [-0.1, -0.05) is 30.3 Å². The summed E-state index contributed by atoms with van der Waals surface area (Å²) in [7, 11) is 1.99. The molecule has 1 aromatic carbocycles. The van der Waals surface area contributed by atoms with Crippen molar-refractivity contribution in [3.63, 3.8) is 0 Å². The molecule has 0 saturated carbocycles. The van der Waals surface area contributed by atoms with Crippen molar-refractivity contribution >= 4 is 0 Å². The number of aryl methyl sites for hydroxylation is 1. The molecule has 2 atom stereocenters. The summed E-state index contributed by atoms with van der Waals surface area (Å²) in [5.41, 5.74) is 8.89. The molecule has 100 valence electrons. The Kier molecular flexibility index (Phi) is 3.36. The van der Waals surface area contributed by atoms with Gasteiger partial charge in [-0.2, -0.15) is 5.10 Å². The van der Waals surface area contributed by atoms with E-state index in [-0.39, 0.29) is 6.04 Å². The first-order chi connectivity index (χ1) is 9.24. The number of hydrogen-bond donors (Lipinski definition) is 1. The second kappa shape index (κ2) is 5.15. The lowest BCUT2D eigenvalue weighted by molar-refractivity contribution is 0.323. The summed E-state index contributed by atoms with van der Waals surface area (Å²) in [6.45, 7) is 2.93. The third kappa shape index (κ3) is 2.55. The summed E-state index contributed by atoms with van der Waals surface area (Å²) in [4.78, 5) is 2.43. The van der Waals surface area contributed by atoms with E-state index in [1.165, 1.54) is 11.3 Å². The largest absolute Gasteiger partial charge is 0.326 e. The zero-order valence-electron chi connectivity index (χ0n) is 11.2. The zero-order chi connectivity index (χ0) is 13.2. The van der Waals surface area contributed by atoms with Gasteiger partial charge in [-0.3, -0.25) is 9.58 Å². The maximum Gasteiger partial charge on any atom is 0.0492 e. The van der Waals surface area contributed by atoms with Crippen LogP contribution in [0.3, 0.4) is 0 Å². The molecule has 3 rings (SSSR count). The molecule has 4 nitrogen and oxygen atoms in total. The van der Waals surface area contributed by atoms with Crippen LogP contribution in [0.4, 0.5) is 0 Å². The third-order valence-electron chi connectivity index (χ3n) is 3.93. The Labute approximate surface area is 113 Å². The number of likely N-dealkylation sites (tertiary alicyclic amines) is 1. The molecule has 1 fully saturated rings. The van der Waals surface area contributed by atoms with Crippen LogP contribution in [0.25, 0.3) is 0 Å². The van der Waals surface area contributed by atoms with Gasteiger partial charge in [0.05, 0.1) is 0 Å². The highest BCUT2D eigenvalue weighted by Crippen LogP contribution is 2.26. The van der Waals surface area contributed by atoms with E-state index in [2.05, 4.69) is 46.4 Å². The van der Waals surface area contributed by atoms with Crippen LogP contribution < -0.4 is 5.73 Å². The Morgan fingerprint density at radius 3 is 2.68 bits per heavy atom. The van der Waals surface area contributed by atoms with E-state index in [0.29, 0.717) is 5.92 Å². The van der Waals surface area contributed by atoms with Gasteiger partial charge in [0, 0.05) is 50.5 Å². The number of benzene rings is 1. The Morgan fingerprint density at radius 1 is 1.21 bits per heavy atom. The van der Waals surface area contributed by atoms with Crippen LogP contribution in [0.5, 0.6) is 0 Å². The quantitative estimate of drug-likeness (QED) is 0.901. The zero-order valence-corrected chi connectivity index (χ0v) is 11.2. The molecular formula is C15H20N4. The topological polar surface area (TPSA) is 47.1 Å². The molecule has 1 aliphatic heterocycles. The molecule has 2 heterocycles. The molecule has 1 aliphatic rings. The van der Waals surface area contributed by atoms with Crippen molar-refractivity contribution in [3.8, 4) is 0 Å². The molecular weight excluding hydrogens is 236 g/mol. The summed E-state index contributed by atoms with van der Waals surface area (Å²) < 4.78 is 1.94. The molecule has 0 amide bonds. The number of hydrogen-bond acceptors (Lipinski definition) is 3. The van der Waals surface area contributed by atoms with Crippen LogP contribution in [-0.4, -0.2) is 33.8 Å². The highest BCUT2D eigenvalue weighted by Gasteiger charge is 2.32. The molecule has 2 aromatic rings. The van der Waals surface area contributed by atoms with Crippen molar-refractivity contribution < 1.29 is 0 Å². The molecule has 2 N–H and O–H groups in total. The molecule has 19 heavy (non-hydrogen) atoms. The first-order valence-corrected chi connectivity index (χ1v) is 6.74. The van der Waals surface area contributed by atoms with Gasteiger partial charge in [0.15, 0.2) is 0 Å². The minimum Gasteiger partial charge on any atom is -0.326 e. The van der Waals surface area contributed by atoms with Crippen molar-refractivity contribution in [2.45, 2.75) is 18.5 Å². The van der Waals surface area contributed by atoms with E-state index >= 15 is 0 Å². The highest BCUT2D eigenvalue weighted by molar-refractivity contribution is 5.18. The van der Waals surface area contributed by atoms with Gasteiger partial charge in [0.2, 0.25) is 0 Å². The Bertz CT molecular complexity index is 534. The fourth-order valence-electron chi connectivity index (χ4n) is 2.94. The minimum absolute atomic E-state index is 0.194. The average Bonchev–Trinajstić information content (AvgIpc) is 2.97. The lowest BCUT2D eigenvalue weighted by Gasteiger charge is -2.16. The standard InChI is InChI=1S/C15H20N4/c1-18-15(7-8-17-18)13-10-19(11-14(13)16)9-12-5-3-2-4-6-12/h2-8,13-14H,9-11,16H2,1H3. The SMILES string of the molecule is Cn1nccc1C1CN(Cc2ccccc2)CC1N. The molecule has 0 radical (unpaired) electrons. The maximum absolute atomic E-state index is 6.30. The van der Waals surface area contributed by atoms with Gasteiger partial charge in [0.25, 0.3) is 0 Å². The van der Waals surface area contributed by atoms with E-state index in [4.69, 9.17) is 5.73 Å². The molecule has 0 bridgehead atoms. The van der Waals surface area contributed by atoms with Crippen LogP contribution >= 0.6 is 0 Å². The van der Waals surface area contributed by atoms with Crippen LogP contribution in [0.2, 0.25) is 0 Å². The second-order valence-corrected chi connectivity index (χ2v) is 5.33. The molecule has 0 spiro atoms. The van der Waals surface area contributed by atoms with Crippen molar-refractivity contribution in [1.29, 1.82) is 0 Å². The fourth-order valence-corrected chi connectivity index (χ4v) is 2.94. The fraction of sp³-hybridized carbons (Fsp3) is 0.400. The predicted molar refractivity (Wildman–Crippen MR) is 75.6 cm³/mol. The number of aromatic nitrogens is 2. The van der Waals surface area contributed by atoms with Gasteiger partial charge >= 0.3 is 0 Å². The summed E-state index contributed by atoms with van der Waals surface area (Å²) in [6.07, 6.45) is 1.85. The van der Waals surface area contributed by atoms with Gasteiger partial charge in [-0.15, -0.1) is 0 Å². The molecule has 0 aliphatic carbocycles. The van der Waals surface area contributed by atoms with Crippen LogP contribution in [0.15, 0.2) is 42.6 Å². The van der Waals surface area contributed by atoms with E-state index in [1.807, 2.05) is 17.9 Å². The summed E-state index contributed by atoms with van der Waals surface area (Å²) in [5, 5.41) is 4.25. The average molecular weight is 256 g/mol. The third-order valence-corrected chi connectivity index (χ3v) is 3.93. The highest BCUT2D eigenvalue weighted by atomic mass is 15.3. The van der Waals surface area contributed by atoms with Crippen molar-refractivity contribution in [1.82, 2.24) is 14.7 Å². The molecule has 1 saturated heterocycles. The summed E-state index contributed by atoms with van der Waals surface area (Å²) in [5.74, 6) is 0.385. The van der Waals surface area contributed by atoms with Crippen molar-refractivity contribution in [2.75, 3.05) is 13.1 Å². The van der Waals surface area contributed by atoms with E-state index < -0.39 is 0 Å². The van der Waals surface area contributed by atoms with Gasteiger partial charge in [-0.25, -0.2) is 0 Å². The smallest absolute Gasteiger partial charge is 0.0492 e. The number of nitrogens with two attached hydrogens (primary N) is 1. The van der Waals surface area contributed by atoms with Crippen molar-refractivity contribution in [2.24, 2.45) is 12.8 Å². The van der Waals surface area contributed by atoms with E-state index in [9.17, 15) is 0 Å². The van der Waals surface area contributed by atoms with E-state index in [0.717, 1.165) is 19.6 Å². The second-order valence-electron chi connectivity index (χ2n) is 5.33. The Hall–Kier alpha value is -1.65. The molecule has 4 heteroatoms. The van der Waals surface area contributed by atoms with E-state index in [1.54, 1.807) is 0 Å². The first-order valence-electron chi connectivity index (χ1n) is 6.74. The summed E-state index contributed by atoms with van der Waals surface area (Å²) in [6, 6.07) is 12.8. The van der Waals surface area contributed by atoms with Crippen LogP contribution in [0, 0.1) is 0 Å². The van der Waals surface area contributed by atoms with Gasteiger partial charge < -0.3 is 5.73 Å². The molecule has 1 aromatic heterocycles. The van der Waals surface area contributed by atoms with Crippen molar-refractivity contribution in [3.05, 3.63) is 53.9 Å². The summed E-state index contributed by atoms with van der Waals surface area (Å²) >= 11 is 0. The van der Waals surface area contributed by atoms with Gasteiger partial charge in [0.1, 0.15) is 0 Å². The Balaban J connectivity index is 1.70. The Morgan fingerprint density at radius 2 is 2.00 bits per heavy atom. The minimum atomic E-state index is 0.194. The first kappa shape index (κ1) is 12.4. The van der Waals surface area contributed by atoms with Gasteiger partial charge in [-0.05, 0) is 11.6 Å². The normalized spacial score (nSPS) is 23.9. The van der Waals surface area contributed by atoms with Crippen LogP contribution in [-0.2, 0) is 13.6 Å². The lowest BCUT2D eigenvalue weighted by Crippen LogP contribution is -2.29. The predicted octanol–water partition coefficient (Wildman–Crippen LogP) is 1.35. The molecule has 2 unspecified atom stereocenters. The number of rotatable bonds is 3. The maximum atomic E-state index is 6.30. The lowest BCUT2D eigenvalue weighted by atomic mass is 10.0. The monoisotopic (exact) mass is 256 g/mol. The number of nitrogens with zero attached hydrogens (tertiary/aromatic N) is 3.